The molecule has 0 aliphatic heterocycles. The lowest BCUT2D eigenvalue weighted by molar-refractivity contribution is 1.18. The van der Waals surface area contributed by atoms with Gasteiger partial charge in [-0.3, -0.25) is 0 Å². The van der Waals surface area contributed by atoms with Gasteiger partial charge in [0, 0.05) is 29.5 Å². The van der Waals surface area contributed by atoms with Crippen LogP contribution >= 0.6 is 11.6 Å². The highest BCUT2D eigenvalue weighted by molar-refractivity contribution is 6.28. The summed E-state index contributed by atoms with van der Waals surface area (Å²) >= 11 is 5.97. The van der Waals surface area contributed by atoms with E-state index in [2.05, 4.69) is 19.9 Å². The Morgan fingerprint density at radius 1 is 1.13 bits per heavy atom. The van der Waals surface area contributed by atoms with Gasteiger partial charge in [-0.15, -0.1) is 0 Å². The van der Waals surface area contributed by atoms with E-state index in [1.165, 1.54) is 0 Å². The second kappa shape index (κ2) is 5.33. The molecule has 0 saturated heterocycles. The van der Waals surface area contributed by atoms with Crippen molar-refractivity contribution in [3.8, 4) is 0 Å². The Bertz CT molecular complexity index is 1050. The van der Waals surface area contributed by atoms with E-state index in [0.717, 1.165) is 22.1 Å². The van der Waals surface area contributed by atoms with Gasteiger partial charge in [0.15, 0.2) is 5.82 Å². The number of pyridine rings is 1. The molecule has 0 radical (unpaired) electrons. The first-order chi connectivity index (χ1) is 11.2. The summed E-state index contributed by atoms with van der Waals surface area (Å²) in [6.45, 7) is 0. The third kappa shape index (κ3) is 2.49. The van der Waals surface area contributed by atoms with Crippen LogP contribution in [0.25, 0.3) is 16.6 Å². The Hall–Kier alpha value is -2.99. The molecule has 7 heteroatoms. The lowest BCUT2D eigenvalue weighted by atomic mass is 10.2. The molecule has 4 aromatic rings. The van der Waals surface area contributed by atoms with Crippen molar-refractivity contribution in [1.29, 1.82) is 0 Å². The molecule has 0 unspecified atom stereocenters. The van der Waals surface area contributed by atoms with E-state index in [4.69, 9.17) is 17.3 Å². The van der Waals surface area contributed by atoms with Gasteiger partial charge in [-0.1, -0.05) is 12.1 Å². The zero-order valence-corrected chi connectivity index (χ0v) is 12.6. The first kappa shape index (κ1) is 13.7. The Balaban J connectivity index is 1.85. The molecule has 0 atom stereocenters. The largest absolute Gasteiger partial charge is 0.383 e. The minimum atomic E-state index is 0.138. The number of para-hydroxylation sites is 1. The summed E-state index contributed by atoms with van der Waals surface area (Å²) in [5.74, 6) is 0.789. The average molecular weight is 323 g/mol. The number of benzene rings is 1. The fourth-order valence-corrected chi connectivity index (χ4v) is 2.54. The molecule has 3 aromatic heterocycles. The van der Waals surface area contributed by atoms with Gasteiger partial charge in [0.2, 0.25) is 5.28 Å². The number of aliphatic imine (C=N–C) groups is 1. The molecular weight excluding hydrogens is 312 g/mol. The zero-order chi connectivity index (χ0) is 15.8. The first-order valence-corrected chi connectivity index (χ1v) is 7.28. The van der Waals surface area contributed by atoms with Gasteiger partial charge >= 0.3 is 0 Å². The molecule has 0 amide bonds. The van der Waals surface area contributed by atoms with E-state index in [1.807, 2.05) is 53.2 Å². The molecule has 0 saturated carbocycles. The minimum absolute atomic E-state index is 0.138. The molecular formula is C16H11ClN6. The van der Waals surface area contributed by atoms with Crippen LogP contribution in [0.3, 0.4) is 0 Å². The van der Waals surface area contributed by atoms with Crippen LogP contribution in [-0.2, 0) is 0 Å². The van der Waals surface area contributed by atoms with Gasteiger partial charge in [-0.05, 0) is 35.9 Å². The molecule has 0 fully saturated rings. The molecule has 0 aliphatic carbocycles. The van der Waals surface area contributed by atoms with Gasteiger partial charge in [0.25, 0.3) is 0 Å². The molecule has 1 aromatic carbocycles. The van der Waals surface area contributed by atoms with Crippen LogP contribution in [-0.4, -0.2) is 25.2 Å². The highest BCUT2D eigenvalue weighted by Gasteiger charge is 2.07. The van der Waals surface area contributed by atoms with E-state index in [1.54, 1.807) is 6.20 Å². The highest BCUT2D eigenvalue weighted by Crippen LogP contribution is 2.24. The molecule has 0 aliphatic rings. The fourth-order valence-electron chi connectivity index (χ4n) is 2.37. The number of imidazole rings is 1. The minimum Gasteiger partial charge on any atom is -0.383 e. The fraction of sp³-hybridized carbons (Fsp3) is 0. The molecule has 4 rings (SSSR count). The van der Waals surface area contributed by atoms with Crippen molar-refractivity contribution in [1.82, 2.24) is 19.4 Å². The van der Waals surface area contributed by atoms with Crippen LogP contribution in [0.4, 0.5) is 5.82 Å². The molecule has 23 heavy (non-hydrogen) atoms. The predicted octanol–water partition coefficient (Wildman–Crippen LogP) is 2.97. The van der Waals surface area contributed by atoms with Crippen LogP contribution in [0.15, 0.2) is 60.0 Å². The maximum absolute atomic E-state index is 6.14. The summed E-state index contributed by atoms with van der Waals surface area (Å²) < 4.78 is 1.90. The molecule has 3 heterocycles. The maximum Gasteiger partial charge on any atom is 0.224 e. The number of halogens is 1. The topological polar surface area (TPSA) is 81.5 Å². The summed E-state index contributed by atoms with van der Waals surface area (Å²) in [5.41, 5.74) is 8.43. The van der Waals surface area contributed by atoms with Gasteiger partial charge in [0.1, 0.15) is 11.5 Å². The Morgan fingerprint density at radius 3 is 2.91 bits per heavy atom. The number of hydrogen-bond donors (Lipinski definition) is 1. The zero-order valence-electron chi connectivity index (χ0n) is 11.9. The van der Waals surface area contributed by atoms with E-state index in [9.17, 15) is 0 Å². The third-order valence-electron chi connectivity index (χ3n) is 3.48. The number of aromatic nitrogens is 4. The summed E-state index contributed by atoms with van der Waals surface area (Å²) in [6.07, 6.45) is 5.47. The molecule has 6 nitrogen and oxygen atoms in total. The lowest BCUT2D eigenvalue weighted by Crippen LogP contribution is -2.13. The number of nitrogens with two attached hydrogens (primary N) is 1. The second-order valence-corrected chi connectivity index (χ2v) is 5.28. The summed E-state index contributed by atoms with van der Waals surface area (Å²) in [5, 5.41) is 0.931. The third-order valence-corrected chi connectivity index (χ3v) is 3.64. The number of fused-ring (bicyclic) bond motifs is 2. The Kier molecular flexibility index (Phi) is 3.17. The molecule has 0 spiro atoms. The molecule has 0 bridgehead atoms. The highest BCUT2D eigenvalue weighted by atomic mass is 35.5. The van der Waals surface area contributed by atoms with Crippen molar-refractivity contribution in [3.05, 3.63) is 65.8 Å². The predicted molar refractivity (Wildman–Crippen MR) is 90.1 cm³/mol. The van der Waals surface area contributed by atoms with E-state index >= 15 is 0 Å². The van der Waals surface area contributed by atoms with E-state index in [-0.39, 0.29) is 5.28 Å². The lowest BCUT2D eigenvalue weighted by Gasteiger charge is -2.04. The average Bonchev–Trinajstić information content (AvgIpc) is 3.02. The van der Waals surface area contributed by atoms with Crippen molar-refractivity contribution in [3.63, 3.8) is 0 Å². The monoisotopic (exact) mass is 322 g/mol. The molecule has 2 N–H and O–H groups in total. The van der Waals surface area contributed by atoms with Crippen LogP contribution < -0.4 is 5.73 Å². The van der Waals surface area contributed by atoms with E-state index in [0.29, 0.717) is 11.7 Å². The number of amidine groups is 1. The van der Waals surface area contributed by atoms with E-state index < -0.39 is 0 Å². The Morgan fingerprint density at radius 2 is 2.00 bits per heavy atom. The van der Waals surface area contributed by atoms with Gasteiger partial charge in [-0.25, -0.2) is 15.0 Å². The smallest absolute Gasteiger partial charge is 0.224 e. The summed E-state index contributed by atoms with van der Waals surface area (Å²) in [7, 11) is 0. The number of rotatable bonds is 2. The number of hydrogen-bond acceptors (Lipinski definition) is 4. The van der Waals surface area contributed by atoms with Crippen molar-refractivity contribution in [2.75, 3.05) is 0 Å². The van der Waals surface area contributed by atoms with Gasteiger partial charge in [-0.2, -0.15) is 4.98 Å². The van der Waals surface area contributed by atoms with Crippen molar-refractivity contribution in [2.24, 2.45) is 10.7 Å². The van der Waals surface area contributed by atoms with Crippen LogP contribution in [0.1, 0.15) is 5.56 Å². The summed E-state index contributed by atoms with van der Waals surface area (Å²) in [4.78, 5) is 17.0. The van der Waals surface area contributed by atoms with Crippen molar-refractivity contribution in [2.45, 2.75) is 0 Å². The van der Waals surface area contributed by atoms with Crippen LogP contribution in [0.5, 0.6) is 0 Å². The first-order valence-electron chi connectivity index (χ1n) is 6.90. The standard InChI is InChI=1S/C16H11ClN6/c17-16-20-12-4-2-1-3-11(12)15(22-16)21-14(18)10-5-7-23-8-6-19-13(23)9-10/h1-9H,(H2,18,20,21,22). The van der Waals surface area contributed by atoms with Crippen molar-refractivity contribution < 1.29 is 0 Å². The van der Waals surface area contributed by atoms with Crippen LogP contribution in [0, 0.1) is 0 Å². The van der Waals surface area contributed by atoms with Gasteiger partial charge < -0.3 is 10.1 Å². The summed E-state index contributed by atoms with van der Waals surface area (Å²) in [6, 6.07) is 11.3. The van der Waals surface area contributed by atoms with Gasteiger partial charge in [0.05, 0.1) is 5.52 Å². The second-order valence-electron chi connectivity index (χ2n) is 4.94. The quantitative estimate of drug-likeness (QED) is 0.349. The van der Waals surface area contributed by atoms with Crippen molar-refractivity contribution >= 4 is 39.8 Å². The Labute approximate surface area is 136 Å². The van der Waals surface area contributed by atoms with Crippen LogP contribution in [0.2, 0.25) is 5.28 Å². The normalized spacial score (nSPS) is 12.1. The number of nitrogens with zero attached hydrogens (tertiary/aromatic N) is 5. The maximum atomic E-state index is 6.14. The molecule has 112 valence electrons. The SMILES string of the molecule is NC(=Nc1nc(Cl)nc2ccccc12)c1ccn2ccnc2c1.